The van der Waals surface area contributed by atoms with Crippen LogP contribution in [0.25, 0.3) is 0 Å². The first kappa shape index (κ1) is 22.9. The predicted molar refractivity (Wildman–Crippen MR) is 128 cm³/mol. The number of amides is 1. The van der Waals surface area contributed by atoms with Gasteiger partial charge in [0.2, 0.25) is 0 Å². The van der Waals surface area contributed by atoms with E-state index in [1.165, 1.54) is 20.3 Å². The van der Waals surface area contributed by atoms with Crippen molar-refractivity contribution in [1.82, 2.24) is 0 Å². The number of hydrogen-bond donors (Lipinski definition) is 1. The first-order valence-corrected chi connectivity index (χ1v) is 12.1. The number of halogens is 1. The number of anilines is 2. The Balaban J connectivity index is 1.63. The van der Waals surface area contributed by atoms with Crippen molar-refractivity contribution in [3.8, 4) is 11.5 Å². The summed E-state index contributed by atoms with van der Waals surface area (Å²) in [6, 6.07) is 16.4. The second-order valence-electron chi connectivity index (χ2n) is 7.53. The Hall–Kier alpha value is -3.23. The number of benzene rings is 3. The smallest absolute Gasteiger partial charge is 0.262 e. The molecule has 0 unspecified atom stereocenters. The second-order valence-corrected chi connectivity index (χ2v) is 9.65. The van der Waals surface area contributed by atoms with Gasteiger partial charge in [0.1, 0.15) is 11.5 Å². The Morgan fingerprint density at radius 1 is 1.03 bits per heavy atom. The van der Waals surface area contributed by atoms with Gasteiger partial charge in [-0.2, -0.15) is 0 Å². The summed E-state index contributed by atoms with van der Waals surface area (Å²) in [6.07, 6.45) is 1.40. The third-order valence-corrected chi connectivity index (χ3v) is 7.05. The average Bonchev–Trinajstić information content (AvgIpc) is 2.83. The van der Waals surface area contributed by atoms with Gasteiger partial charge in [-0.15, -0.1) is 0 Å². The fraction of sp³-hybridized carbons (Fsp3) is 0.208. The summed E-state index contributed by atoms with van der Waals surface area (Å²) in [6.45, 7) is 0.547. The minimum Gasteiger partial charge on any atom is -0.497 e. The lowest BCUT2D eigenvalue weighted by Crippen LogP contribution is -2.35. The number of aryl methyl sites for hydroxylation is 1. The molecular weight excluding hydrogens is 464 g/mol. The van der Waals surface area contributed by atoms with Crippen molar-refractivity contribution in [2.75, 3.05) is 30.4 Å². The zero-order valence-corrected chi connectivity index (χ0v) is 19.7. The van der Waals surface area contributed by atoms with E-state index in [0.29, 0.717) is 46.4 Å². The molecule has 172 valence electrons. The number of methoxy groups -OCH3 is 2. The number of fused-ring (bicyclic) bond motifs is 1. The zero-order valence-electron chi connectivity index (χ0n) is 18.2. The molecule has 33 heavy (non-hydrogen) atoms. The van der Waals surface area contributed by atoms with E-state index >= 15 is 0 Å². The lowest BCUT2D eigenvalue weighted by Gasteiger charge is -2.30. The van der Waals surface area contributed by atoms with E-state index in [0.717, 1.165) is 12.0 Å². The molecule has 0 spiro atoms. The Morgan fingerprint density at radius 2 is 1.85 bits per heavy atom. The van der Waals surface area contributed by atoms with E-state index in [1.807, 2.05) is 0 Å². The molecule has 1 heterocycles. The summed E-state index contributed by atoms with van der Waals surface area (Å²) in [5.74, 6) is 0.720. The van der Waals surface area contributed by atoms with Gasteiger partial charge in [-0.25, -0.2) is 8.42 Å². The lowest BCUT2D eigenvalue weighted by atomic mass is 10.0. The molecule has 0 saturated heterocycles. The summed E-state index contributed by atoms with van der Waals surface area (Å²) >= 11 is 6.04. The Kier molecular flexibility index (Phi) is 6.49. The minimum atomic E-state index is -3.89. The number of rotatable bonds is 6. The molecule has 0 aliphatic carbocycles. The summed E-state index contributed by atoms with van der Waals surface area (Å²) in [4.78, 5) is 14.8. The van der Waals surface area contributed by atoms with Crippen molar-refractivity contribution in [2.24, 2.45) is 0 Å². The molecule has 3 aromatic rings. The van der Waals surface area contributed by atoms with Gasteiger partial charge in [-0.05, 0) is 66.9 Å². The van der Waals surface area contributed by atoms with Gasteiger partial charge in [0.25, 0.3) is 15.9 Å². The van der Waals surface area contributed by atoms with Crippen molar-refractivity contribution < 1.29 is 22.7 Å². The molecule has 1 N–H and O–H groups in total. The van der Waals surface area contributed by atoms with Crippen molar-refractivity contribution in [1.29, 1.82) is 0 Å². The zero-order chi connectivity index (χ0) is 23.6. The molecule has 0 atom stereocenters. The molecule has 3 aromatic carbocycles. The van der Waals surface area contributed by atoms with Gasteiger partial charge < -0.3 is 14.4 Å². The van der Waals surface area contributed by atoms with E-state index in [1.54, 1.807) is 59.5 Å². The van der Waals surface area contributed by atoms with Gasteiger partial charge >= 0.3 is 0 Å². The summed E-state index contributed by atoms with van der Waals surface area (Å²) in [5, 5.41) is 0.486. The first-order chi connectivity index (χ1) is 15.8. The van der Waals surface area contributed by atoms with Crippen LogP contribution in [-0.4, -0.2) is 35.1 Å². The van der Waals surface area contributed by atoms with Crippen LogP contribution in [0.5, 0.6) is 11.5 Å². The average molecular weight is 487 g/mol. The highest BCUT2D eigenvalue weighted by Gasteiger charge is 2.26. The van der Waals surface area contributed by atoms with Crippen LogP contribution in [0.4, 0.5) is 11.4 Å². The molecule has 0 radical (unpaired) electrons. The third kappa shape index (κ3) is 4.77. The largest absolute Gasteiger partial charge is 0.497 e. The van der Waals surface area contributed by atoms with Crippen molar-refractivity contribution in [2.45, 2.75) is 17.7 Å². The molecule has 0 bridgehead atoms. The molecular formula is C24H23ClN2O5S. The van der Waals surface area contributed by atoms with Crippen LogP contribution in [0.3, 0.4) is 0 Å². The molecule has 4 rings (SSSR count). The van der Waals surface area contributed by atoms with Crippen LogP contribution in [0.1, 0.15) is 22.3 Å². The van der Waals surface area contributed by atoms with Crippen LogP contribution >= 0.6 is 11.6 Å². The molecule has 1 amide bonds. The van der Waals surface area contributed by atoms with Crippen LogP contribution in [-0.2, 0) is 16.4 Å². The number of sulfonamides is 1. The second kappa shape index (κ2) is 9.33. The van der Waals surface area contributed by atoms with Crippen molar-refractivity contribution >= 4 is 38.9 Å². The quantitative estimate of drug-likeness (QED) is 0.543. The van der Waals surface area contributed by atoms with E-state index in [-0.39, 0.29) is 10.8 Å². The van der Waals surface area contributed by atoms with E-state index in [4.69, 9.17) is 21.1 Å². The maximum atomic E-state index is 13.1. The molecule has 1 aliphatic heterocycles. The van der Waals surface area contributed by atoms with E-state index in [2.05, 4.69) is 4.72 Å². The number of carbonyl (C=O) groups is 1. The Labute approximate surface area is 197 Å². The summed E-state index contributed by atoms with van der Waals surface area (Å²) < 4.78 is 39.2. The normalized spacial score (nSPS) is 13.2. The molecule has 1 aliphatic rings. The van der Waals surface area contributed by atoms with Crippen molar-refractivity contribution in [3.05, 3.63) is 76.8 Å². The highest BCUT2D eigenvalue weighted by Crippen LogP contribution is 2.34. The van der Waals surface area contributed by atoms with Gasteiger partial charge in [0, 0.05) is 28.9 Å². The number of ether oxygens (including phenoxy) is 2. The summed E-state index contributed by atoms with van der Waals surface area (Å²) in [5.41, 5.74) is 2.28. The molecule has 0 fully saturated rings. The lowest BCUT2D eigenvalue weighted by molar-refractivity contribution is 0.0985. The number of carbonyl (C=O) groups excluding carboxylic acids is 1. The third-order valence-electron chi connectivity index (χ3n) is 5.45. The van der Waals surface area contributed by atoms with Gasteiger partial charge in [-0.1, -0.05) is 17.7 Å². The number of hydrogen-bond acceptors (Lipinski definition) is 5. The van der Waals surface area contributed by atoms with Gasteiger partial charge in [0.15, 0.2) is 0 Å². The topological polar surface area (TPSA) is 84.9 Å². The van der Waals surface area contributed by atoms with E-state index in [9.17, 15) is 13.2 Å². The van der Waals surface area contributed by atoms with Crippen molar-refractivity contribution in [3.63, 3.8) is 0 Å². The van der Waals surface area contributed by atoms with Crippen LogP contribution < -0.4 is 19.1 Å². The van der Waals surface area contributed by atoms with E-state index < -0.39 is 10.0 Å². The standard InChI is InChI=1S/C24H23ClN2O5S/c1-31-19-8-10-21(23(15-19)32-2)26-33(29,30)20-9-11-22-16(14-20)6-4-12-27(22)24(28)17-5-3-7-18(25)13-17/h3,5,7-11,13-15,26H,4,6,12H2,1-2H3. The fourth-order valence-electron chi connectivity index (χ4n) is 3.82. The summed E-state index contributed by atoms with van der Waals surface area (Å²) in [7, 11) is -0.911. The van der Waals surface area contributed by atoms with Crippen LogP contribution in [0.2, 0.25) is 5.02 Å². The first-order valence-electron chi connectivity index (χ1n) is 10.3. The molecule has 0 saturated carbocycles. The highest BCUT2D eigenvalue weighted by molar-refractivity contribution is 7.92. The number of nitrogens with zero attached hydrogens (tertiary/aromatic N) is 1. The maximum Gasteiger partial charge on any atom is 0.262 e. The minimum absolute atomic E-state index is 0.108. The molecule has 7 nitrogen and oxygen atoms in total. The highest BCUT2D eigenvalue weighted by atomic mass is 35.5. The van der Waals surface area contributed by atoms with Crippen LogP contribution in [0, 0.1) is 0 Å². The van der Waals surface area contributed by atoms with Gasteiger partial charge in [0.05, 0.1) is 24.8 Å². The maximum absolute atomic E-state index is 13.1. The Bertz CT molecular complexity index is 1310. The van der Waals surface area contributed by atoms with Gasteiger partial charge in [-0.3, -0.25) is 9.52 Å². The fourth-order valence-corrected chi connectivity index (χ4v) is 5.13. The molecule has 9 heteroatoms. The Morgan fingerprint density at radius 3 is 2.58 bits per heavy atom. The SMILES string of the molecule is COc1ccc(NS(=O)(=O)c2ccc3c(c2)CCCN3C(=O)c2cccc(Cl)c2)c(OC)c1. The van der Waals surface area contributed by atoms with Crippen LogP contribution in [0.15, 0.2) is 65.6 Å². The number of nitrogens with one attached hydrogen (secondary N) is 1. The predicted octanol–water partition coefficient (Wildman–Crippen LogP) is 4.75. The molecule has 0 aromatic heterocycles. The monoisotopic (exact) mass is 486 g/mol.